The maximum atomic E-state index is 12.6. The molecule has 0 aliphatic carbocycles. The molecule has 1 aliphatic rings. The van der Waals surface area contributed by atoms with Crippen LogP contribution in [-0.2, 0) is 0 Å². The van der Waals surface area contributed by atoms with Crippen LogP contribution in [0.15, 0.2) is 42.5 Å². The zero-order valence-corrected chi connectivity index (χ0v) is 17.5. The molecule has 2 heterocycles. The molecule has 0 bridgehead atoms. The molecule has 4 rings (SSSR count). The topological polar surface area (TPSA) is 72.6 Å². The fraction of sp³-hybridized carbons (Fsp3) is 0.375. The van der Waals surface area contributed by atoms with E-state index < -0.39 is 0 Å². The van der Waals surface area contributed by atoms with E-state index in [4.69, 9.17) is 14.2 Å². The summed E-state index contributed by atoms with van der Waals surface area (Å²) >= 11 is 0. The molecule has 1 atom stereocenters. The molecule has 1 aliphatic heterocycles. The summed E-state index contributed by atoms with van der Waals surface area (Å²) in [6.45, 7) is 5.32. The van der Waals surface area contributed by atoms with E-state index in [0.29, 0.717) is 35.4 Å². The number of aromatic amines is 1. The summed E-state index contributed by atoms with van der Waals surface area (Å²) in [6, 6.07) is 13.1. The third kappa shape index (κ3) is 4.53. The van der Waals surface area contributed by atoms with E-state index in [-0.39, 0.29) is 12.7 Å². The van der Waals surface area contributed by atoms with Gasteiger partial charge in [0.1, 0.15) is 17.2 Å². The van der Waals surface area contributed by atoms with Gasteiger partial charge in [-0.15, -0.1) is 0 Å². The zero-order chi connectivity index (χ0) is 20.9. The fourth-order valence-corrected chi connectivity index (χ4v) is 3.65. The van der Waals surface area contributed by atoms with Crippen LogP contribution < -0.4 is 19.5 Å². The van der Waals surface area contributed by atoms with Gasteiger partial charge in [-0.1, -0.05) is 33.1 Å². The van der Waals surface area contributed by atoms with Crippen molar-refractivity contribution in [3.05, 3.63) is 48.2 Å². The van der Waals surface area contributed by atoms with Gasteiger partial charge in [0, 0.05) is 23.5 Å². The van der Waals surface area contributed by atoms with Gasteiger partial charge in [0.15, 0.2) is 11.5 Å². The van der Waals surface area contributed by atoms with Crippen molar-refractivity contribution >= 4 is 16.8 Å². The van der Waals surface area contributed by atoms with E-state index in [0.717, 1.165) is 29.5 Å². The number of ether oxygens (including phenoxy) is 3. The molecule has 0 unspecified atom stereocenters. The summed E-state index contributed by atoms with van der Waals surface area (Å²) in [5.41, 5.74) is 1.46. The first-order valence-corrected chi connectivity index (χ1v) is 10.6. The highest BCUT2D eigenvalue weighted by Gasteiger charge is 2.15. The molecule has 0 saturated carbocycles. The van der Waals surface area contributed by atoms with Crippen molar-refractivity contribution in [3.8, 4) is 23.0 Å². The third-order valence-corrected chi connectivity index (χ3v) is 5.51. The average molecular weight is 408 g/mol. The van der Waals surface area contributed by atoms with E-state index >= 15 is 0 Å². The van der Waals surface area contributed by atoms with Crippen LogP contribution in [-0.4, -0.2) is 24.2 Å². The Bertz CT molecular complexity index is 1030. The predicted molar refractivity (Wildman–Crippen MR) is 117 cm³/mol. The number of unbranched alkanes of at least 4 members (excludes halogenated alkanes) is 1. The van der Waals surface area contributed by atoms with Gasteiger partial charge in [0.2, 0.25) is 6.79 Å². The van der Waals surface area contributed by atoms with Gasteiger partial charge in [-0.05, 0) is 48.7 Å². The molecule has 158 valence electrons. The third-order valence-electron chi connectivity index (χ3n) is 5.51. The number of carbonyl (C=O) groups excluding carboxylic acids is 1. The van der Waals surface area contributed by atoms with E-state index in [9.17, 15) is 4.79 Å². The summed E-state index contributed by atoms with van der Waals surface area (Å²) in [6.07, 6.45) is 4.62. The summed E-state index contributed by atoms with van der Waals surface area (Å²) < 4.78 is 16.7. The zero-order valence-electron chi connectivity index (χ0n) is 17.5. The second kappa shape index (κ2) is 9.11. The minimum Gasteiger partial charge on any atom is -0.457 e. The standard InChI is InChI=1S/C24H28N2O4/c1-3-5-6-16(4-2)14-25-24(27)21-12-17-11-18(7-9-20(17)26-21)30-19-8-10-22-23(13-19)29-15-28-22/h7-13,16,26H,3-6,14-15H2,1-2H3,(H,25,27)/t16-/m0/s1. The Morgan fingerprint density at radius 2 is 1.90 bits per heavy atom. The Hall–Kier alpha value is -3.15. The van der Waals surface area contributed by atoms with Crippen molar-refractivity contribution in [1.82, 2.24) is 10.3 Å². The number of H-pyrrole nitrogens is 1. The lowest BCUT2D eigenvalue weighted by Crippen LogP contribution is -2.29. The molecule has 30 heavy (non-hydrogen) atoms. The lowest BCUT2D eigenvalue weighted by molar-refractivity contribution is 0.0941. The minimum atomic E-state index is -0.0700. The first kappa shape index (κ1) is 20.1. The second-order valence-electron chi connectivity index (χ2n) is 7.68. The van der Waals surface area contributed by atoms with E-state index in [1.54, 1.807) is 0 Å². The van der Waals surface area contributed by atoms with Crippen molar-refractivity contribution in [2.45, 2.75) is 39.5 Å². The van der Waals surface area contributed by atoms with Crippen LogP contribution >= 0.6 is 0 Å². The van der Waals surface area contributed by atoms with Gasteiger partial charge in [0.05, 0.1) is 0 Å². The van der Waals surface area contributed by atoms with Crippen LogP contribution in [0.25, 0.3) is 10.9 Å². The lowest BCUT2D eigenvalue weighted by atomic mass is 9.99. The molecular weight excluding hydrogens is 380 g/mol. The molecule has 1 aromatic heterocycles. The Balaban J connectivity index is 1.42. The number of benzene rings is 2. The van der Waals surface area contributed by atoms with Crippen molar-refractivity contribution in [1.29, 1.82) is 0 Å². The predicted octanol–water partition coefficient (Wildman–Crippen LogP) is 5.64. The number of carbonyl (C=O) groups is 1. The van der Waals surface area contributed by atoms with Crippen LogP contribution in [0.4, 0.5) is 0 Å². The molecule has 6 heteroatoms. The molecule has 0 saturated heterocycles. The number of aromatic nitrogens is 1. The van der Waals surface area contributed by atoms with Crippen LogP contribution in [0.3, 0.4) is 0 Å². The van der Waals surface area contributed by atoms with Crippen molar-refractivity contribution in [3.63, 3.8) is 0 Å². The normalized spacial score (nSPS) is 13.4. The maximum absolute atomic E-state index is 12.6. The molecule has 2 N–H and O–H groups in total. The smallest absolute Gasteiger partial charge is 0.267 e. The highest BCUT2D eigenvalue weighted by molar-refractivity contribution is 5.98. The largest absolute Gasteiger partial charge is 0.457 e. The lowest BCUT2D eigenvalue weighted by Gasteiger charge is -2.14. The van der Waals surface area contributed by atoms with Crippen LogP contribution in [0.5, 0.6) is 23.0 Å². The average Bonchev–Trinajstić information content (AvgIpc) is 3.39. The van der Waals surface area contributed by atoms with Gasteiger partial charge < -0.3 is 24.5 Å². The molecule has 6 nitrogen and oxygen atoms in total. The van der Waals surface area contributed by atoms with Gasteiger partial charge >= 0.3 is 0 Å². The Kier molecular flexibility index (Phi) is 6.12. The fourth-order valence-electron chi connectivity index (χ4n) is 3.65. The van der Waals surface area contributed by atoms with Crippen LogP contribution in [0, 0.1) is 5.92 Å². The Morgan fingerprint density at radius 3 is 2.73 bits per heavy atom. The molecule has 2 aromatic carbocycles. The Morgan fingerprint density at radius 1 is 1.10 bits per heavy atom. The molecular formula is C24H28N2O4. The van der Waals surface area contributed by atoms with Crippen molar-refractivity contribution < 1.29 is 19.0 Å². The second-order valence-corrected chi connectivity index (χ2v) is 7.68. The number of fused-ring (bicyclic) bond motifs is 2. The number of hydrogen-bond donors (Lipinski definition) is 2. The monoisotopic (exact) mass is 408 g/mol. The highest BCUT2D eigenvalue weighted by atomic mass is 16.7. The molecule has 0 fully saturated rings. The van der Waals surface area contributed by atoms with Gasteiger partial charge in [-0.3, -0.25) is 4.79 Å². The van der Waals surface area contributed by atoms with Gasteiger partial charge in [-0.2, -0.15) is 0 Å². The first-order valence-electron chi connectivity index (χ1n) is 10.6. The number of amides is 1. The van der Waals surface area contributed by atoms with Crippen LogP contribution in [0.2, 0.25) is 0 Å². The van der Waals surface area contributed by atoms with E-state index in [1.807, 2.05) is 42.5 Å². The van der Waals surface area contributed by atoms with Gasteiger partial charge in [0.25, 0.3) is 5.91 Å². The molecule has 3 aromatic rings. The van der Waals surface area contributed by atoms with Gasteiger partial charge in [-0.25, -0.2) is 0 Å². The molecule has 1 amide bonds. The molecule has 0 spiro atoms. The summed E-state index contributed by atoms with van der Waals surface area (Å²) in [4.78, 5) is 15.8. The van der Waals surface area contributed by atoms with E-state index in [2.05, 4.69) is 24.1 Å². The van der Waals surface area contributed by atoms with E-state index in [1.165, 1.54) is 12.8 Å². The first-order chi connectivity index (χ1) is 14.7. The van der Waals surface area contributed by atoms with Crippen molar-refractivity contribution in [2.24, 2.45) is 5.92 Å². The maximum Gasteiger partial charge on any atom is 0.267 e. The highest BCUT2D eigenvalue weighted by Crippen LogP contribution is 2.37. The Labute approximate surface area is 176 Å². The van der Waals surface area contributed by atoms with Crippen LogP contribution in [0.1, 0.15) is 50.0 Å². The number of hydrogen-bond acceptors (Lipinski definition) is 4. The SMILES string of the molecule is CCCC[C@H](CC)CNC(=O)c1cc2cc(Oc3ccc4c(c3)OCO4)ccc2[nH]1. The summed E-state index contributed by atoms with van der Waals surface area (Å²) in [7, 11) is 0. The molecule has 0 radical (unpaired) electrons. The minimum absolute atomic E-state index is 0.0700. The van der Waals surface area contributed by atoms with Crippen molar-refractivity contribution in [2.75, 3.05) is 13.3 Å². The summed E-state index contributed by atoms with van der Waals surface area (Å²) in [5, 5.41) is 4.00. The summed E-state index contributed by atoms with van der Waals surface area (Å²) in [5.74, 6) is 3.22. The quantitative estimate of drug-likeness (QED) is 0.481. The number of rotatable bonds is 9. The number of nitrogens with one attached hydrogen (secondary N) is 2.